The summed E-state index contributed by atoms with van der Waals surface area (Å²) in [7, 11) is -3.60. The Morgan fingerprint density at radius 1 is 1.18 bits per heavy atom. The summed E-state index contributed by atoms with van der Waals surface area (Å²) in [4.78, 5) is 12.8. The van der Waals surface area contributed by atoms with Gasteiger partial charge in [-0.05, 0) is 39.0 Å². The molecule has 1 aliphatic rings. The van der Waals surface area contributed by atoms with Gasteiger partial charge < -0.3 is 10.1 Å². The first-order valence-corrected chi connectivity index (χ1v) is 11.0. The number of nitrogens with one attached hydrogen (secondary N) is 1. The van der Waals surface area contributed by atoms with Crippen LogP contribution < -0.4 is 14.4 Å². The lowest BCUT2D eigenvalue weighted by molar-refractivity contribution is -0.120. The second kappa shape index (κ2) is 7.47. The molecular formula is C21H26N2O4S. The Bertz CT molecular complexity index is 968. The number of sulfonamides is 1. The molecule has 0 saturated carbocycles. The largest absolute Gasteiger partial charge is 0.487 e. The minimum Gasteiger partial charge on any atom is -0.487 e. The van der Waals surface area contributed by atoms with Crippen LogP contribution in [-0.2, 0) is 14.8 Å². The van der Waals surface area contributed by atoms with E-state index in [4.69, 9.17) is 4.74 Å². The number of carbonyl (C=O) groups is 1. The van der Waals surface area contributed by atoms with Crippen LogP contribution in [0, 0.1) is 6.92 Å². The third-order valence-electron chi connectivity index (χ3n) is 4.72. The zero-order chi connectivity index (χ0) is 20.5. The first-order chi connectivity index (χ1) is 13.0. The highest BCUT2D eigenvalue weighted by molar-refractivity contribution is 7.92. The Balaban J connectivity index is 1.81. The molecule has 1 heterocycles. The molecule has 0 fully saturated rings. The van der Waals surface area contributed by atoms with Crippen LogP contribution in [-0.4, -0.2) is 32.7 Å². The van der Waals surface area contributed by atoms with Crippen molar-refractivity contribution in [1.82, 2.24) is 5.32 Å². The molecular weight excluding hydrogens is 376 g/mol. The highest BCUT2D eigenvalue weighted by atomic mass is 32.2. The summed E-state index contributed by atoms with van der Waals surface area (Å²) in [6, 6.07) is 14.4. The summed E-state index contributed by atoms with van der Waals surface area (Å²) in [5.74, 6) is 0.381. The molecule has 0 aliphatic carbocycles. The first kappa shape index (κ1) is 20.2. The van der Waals surface area contributed by atoms with Gasteiger partial charge in [-0.1, -0.05) is 35.9 Å². The van der Waals surface area contributed by atoms with Gasteiger partial charge in [-0.15, -0.1) is 0 Å². The van der Waals surface area contributed by atoms with E-state index in [9.17, 15) is 13.2 Å². The van der Waals surface area contributed by atoms with Crippen LogP contribution in [0.4, 0.5) is 5.69 Å². The zero-order valence-electron chi connectivity index (χ0n) is 16.6. The lowest BCUT2D eigenvalue weighted by atomic mass is 9.89. The smallest absolute Gasteiger partial charge is 0.241 e. The third kappa shape index (κ3) is 4.65. The predicted octanol–water partition coefficient (Wildman–Crippen LogP) is 3.18. The van der Waals surface area contributed by atoms with E-state index < -0.39 is 15.6 Å². The molecule has 150 valence electrons. The molecule has 1 aliphatic heterocycles. The molecule has 0 saturated heterocycles. The van der Waals surface area contributed by atoms with Gasteiger partial charge in [0.15, 0.2) is 0 Å². The van der Waals surface area contributed by atoms with Crippen LogP contribution in [0.5, 0.6) is 5.75 Å². The van der Waals surface area contributed by atoms with Gasteiger partial charge in [0.1, 0.15) is 17.9 Å². The topological polar surface area (TPSA) is 75.7 Å². The van der Waals surface area contributed by atoms with Crippen molar-refractivity contribution in [1.29, 1.82) is 0 Å². The maximum absolute atomic E-state index is 12.8. The number of fused-ring (bicyclic) bond motifs is 1. The SMILES string of the molecule is Cc1ccc(N(CC(=O)N[C@@H]2CC(C)(C)Oc3ccccc32)S(C)(=O)=O)cc1. The third-order valence-corrected chi connectivity index (χ3v) is 5.86. The highest BCUT2D eigenvalue weighted by Gasteiger charge is 2.34. The Morgan fingerprint density at radius 3 is 2.46 bits per heavy atom. The molecule has 0 bridgehead atoms. The van der Waals surface area contributed by atoms with Gasteiger partial charge in [-0.25, -0.2) is 8.42 Å². The number of benzene rings is 2. The molecule has 0 spiro atoms. The molecule has 2 aromatic carbocycles. The van der Waals surface area contributed by atoms with E-state index in [1.165, 1.54) is 0 Å². The molecule has 3 rings (SSSR count). The fourth-order valence-electron chi connectivity index (χ4n) is 3.41. The lowest BCUT2D eigenvalue weighted by Crippen LogP contribution is -2.45. The highest BCUT2D eigenvalue weighted by Crippen LogP contribution is 2.39. The minimum absolute atomic E-state index is 0.244. The summed E-state index contributed by atoms with van der Waals surface area (Å²) >= 11 is 0. The summed E-state index contributed by atoms with van der Waals surface area (Å²) in [5, 5.41) is 2.99. The molecule has 28 heavy (non-hydrogen) atoms. The fourth-order valence-corrected chi connectivity index (χ4v) is 4.27. The maximum Gasteiger partial charge on any atom is 0.241 e. The van der Waals surface area contributed by atoms with Crippen molar-refractivity contribution in [3.05, 3.63) is 59.7 Å². The Kier molecular flexibility index (Phi) is 5.39. The quantitative estimate of drug-likeness (QED) is 0.833. The van der Waals surface area contributed by atoms with E-state index in [1.54, 1.807) is 12.1 Å². The van der Waals surface area contributed by atoms with Gasteiger partial charge in [-0.2, -0.15) is 0 Å². The monoisotopic (exact) mass is 402 g/mol. The maximum atomic E-state index is 12.8. The number of amides is 1. The number of rotatable bonds is 5. The fraction of sp³-hybridized carbons (Fsp3) is 0.381. The van der Waals surface area contributed by atoms with Crippen molar-refractivity contribution < 1.29 is 17.9 Å². The summed E-state index contributed by atoms with van der Waals surface area (Å²) in [6.45, 7) is 5.59. The predicted molar refractivity (Wildman–Crippen MR) is 110 cm³/mol. The average Bonchev–Trinajstić information content (AvgIpc) is 2.59. The molecule has 0 aromatic heterocycles. The van der Waals surface area contributed by atoms with Crippen LogP contribution in [0.15, 0.2) is 48.5 Å². The van der Waals surface area contributed by atoms with Crippen LogP contribution in [0.25, 0.3) is 0 Å². The number of hydrogen-bond donors (Lipinski definition) is 1. The molecule has 1 atom stereocenters. The Hall–Kier alpha value is -2.54. The average molecular weight is 403 g/mol. The molecule has 1 amide bonds. The number of carbonyl (C=O) groups excluding carboxylic acids is 1. The summed E-state index contributed by atoms with van der Waals surface area (Å²) < 4.78 is 31.7. The summed E-state index contributed by atoms with van der Waals surface area (Å²) in [5.41, 5.74) is 1.95. The zero-order valence-corrected chi connectivity index (χ0v) is 17.4. The molecule has 0 radical (unpaired) electrons. The van der Waals surface area contributed by atoms with Gasteiger partial charge in [0.2, 0.25) is 15.9 Å². The normalized spacial score (nSPS) is 17.9. The number of nitrogens with zero attached hydrogens (tertiary/aromatic N) is 1. The standard InChI is InChI=1S/C21H26N2O4S/c1-15-9-11-16(12-10-15)23(28(4,25)26)14-20(24)22-18-13-21(2,3)27-19-8-6-5-7-17(18)19/h5-12,18H,13-14H2,1-4H3,(H,22,24)/t18-/m1/s1. The van der Waals surface area contributed by atoms with Gasteiger partial charge in [0, 0.05) is 12.0 Å². The minimum atomic E-state index is -3.60. The van der Waals surface area contributed by atoms with Crippen LogP contribution >= 0.6 is 0 Å². The van der Waals surface area contributed by atoms with E-state index >= 15 is 0 Å². The van der Waals surface area contributed by atoms with Gasteiger partial charge in [0.05, 0.1) is 18.0 Å². The van der Waals surface area contributed by atoms with Crippen molar-refractivity contribution in [2.75, 3.05) is 17.1 Å². The second-order valence-electron chi connectivity index (χ2n) is 7.83. The van der Waals surface area contributed by atoms with E-state index in [2.05, 4.69) is 5.32 Å². The van der Waals surface area contributed by atoms with Crippen LogP contribution in [0.2, 0.25) is 0 Å². The second-order valence-corrected chi connectivity index (χ2v) is 9.74. The van der Waals surface area contributed by atoms with Crippen molar-refractivity contribution in [3.63, 3.8) is 0 Å². The van der Waals surface area contributed by atoms with Crippen LogP contribution in [0.3, 0.4) is 0 Å². The molecule has 1 N–H and O–H groups in total. The Labute approximate surface area is 166 Å². The number of para-hydroxylation sites is 1. The van der Waals surface area contributed by atoms with E-state index in [0.717, 1.165) is 27.4 Å². The van der Waals surface area contributed by atoms with E-state index in [-0.39, 0.29) is 18.5 Å². The van der Waals surface area contributed by atoms with Gasteiger partial charge >= 0.3 is 0 Å². The number of aryl methyl sites for hydroxylation is 1. The molecule has 7 heteroatoms. The van der Waals surface area contributed by atoms with E-state index in [1.807, 2.05) is 57.2 Å². The number of anilines is 1. The van der Waals surface area contributed by atoms with Crippen molar-refractivity contribution in [3.8, 4) is 5.75 Å². The van der Waals surface area contributed by atoms with Gasteiger partial charge in [0.25, 0.3) is 0 Å². The first-order valence-electron chi connectivity index (χ1n) is 9.17. The van der Waals surface area contributed by atoms with Gasteiger partial charge in [-0.3, -0.25) is 9.10 Å². The van der Waals surface area contributed by atoms with Crippen molar-refractivity contribution in [2.24, 2.45) is 0 Å². The number of hydrogen-bond acceptors (Lipinski definition) is 4. The van der Waals surface area contributed by atoms with Crippen LogP contribution in [0.1, 0.15) is 37.4 Å². The van der Waals surface area contributed by atoms with Crippen molar-refractivity contribution >= 4 is 21.6 Å². The molecule has 2 aromatic rings. The molecule has 0 unspecified atom stereocenters. The summed E-state index contributed by atoms with van der Waals surface area (Å²) in [6.07, 6.45) is 1.70. The number of ether oxygens (including phenoxy) is 1. The lowest BCUT2D eigenvalue weighted by Gasteiger charge is -2.38. The Morgan fingerprint density at radius 2 is 1.82 bits per heavy atom. The van der Waals surface area contributed by atoms with Crippen molar-refractivity contribution in [2.45, 2.75) is 38.8 Å². The van der Waals surface area contributed by atoms with E-state index in [0.29, 0.717) is 12.1 Å². The molecule has 6 nitrogen and oxygen atoms in total.